The van der Waals surface area contributed by atoms with Crippen LogP contribution in [0.4, 0.5) is 14.9 Å². The molecule has 0 bridgehead atoms. The van der Waals surface area contributed by atoms with Gasteiger partial charge in [-0.25, -0.2) is 9.18 Å². The van der Waals surface area contributed by atoms with Crippen LogP contribution in [0.3, 0.4) is 0 Å². The maximum absolute atomic E-state index is 13.2. The number of benzene rings is 2. The minimum atomic E-state index is -0.823. The van der Waals surface area contributed by atoms with Crippen LogP contribution in [0.15, 0.2) is 42.5 Å². The number of aryl methyl sites for hydroxylation is 1. The fourth-order valence-corrected chi connectivity index (χ4v) is 2.92. The van der Waals surface area contributed by atoms with E-state index in [0.29, 0.717) is 11.3 Å². The molecule has 0 aromatic heterocycles. The number of nitrogens with one attached hydrogen (secondary N) is 3. The fraction of sp³-hybridized carbons (Fsp3) is 0.263. The number of anilines is 1. The quantitative estimate of drug-likeness (QED) is 0.738. The Morgan fingerprint density at radius 3 is 2.54 bits per heavy atom. The highest BCUT2D eigenvalue weighted by Gasteiger charge is 2.25. The summed E-state index contributed by atoms with van der Waals surface area (Å²) in [5.41, 5.74) is 1.41. The van der Waals surface area contributed by atoms with Crippen LogP contribution in [0, 0.1) is 12.7 Å². The van der Waals surface area contributed by atoms with Crippen molar-refractivity contribution in [1.82, 2.24) is 10.6 Å². The lowest BCUT2D eigenvalue weighted by atomic mass is 9.94. The van der Waals surface area contributed by atoms with Crippen LogP contribution in [0.2, 0.25) is 5.02 Å². The van der Waals surface area contributed by atoms with E-state index >= 15 is 0 Å². The molecule has 138 valence electrons. The molecular formula is C19H21ClFN3O2. The standard InChI is InChI=1S/C19H21ClFN3O2/c1-12-5-4-6-14(9-12)23-18(26)22-11-17(25)24-19(2,3)15-8-7-13(21)10-16(15)20/h4-10H,11H2,1-3H3,(H,24,25)(H2,22,23,26). The van der Waals surface area contributed by atoms with Gasteiger partial charge in [-0.15, -0.1) is 0 Å². The summed E-state index contributed by atoms with van der Waals surface area (Å²) in [6.45, 7) is 5.20. The van der Waals surface area contributed by atoms with Gasteiger partial charge in [0, 0.05) is 10.7 Å². The number of halogens is 2. The third-order valence-corrected chi connectivity index (χ3v) is 4.05. The molecule has 0 aliphatic heterocycles. The number of urea groups is 1. The average molecular weight is 378 g/mol. The summed E-state index contributed by atoms with van der Waals surface area (Å²) in [6, 6.07) is 10.8. The van der Waals surface area contributed by atoms with Crippen molar-refractivity contribution in [3.05, 3.63) is 64.4 Å². The Bertz CT molecular complexity index is 824. The lowest BCUT2D eigenvalue weighted by molar-refractivity contribution is -0.121. The highest BCUT2D eigenvalue weighted by molar-refractivity contribution is 6.31. The summed E-state index contributed by atoms with van der Waals surface area (Å²) in [5.74, 6) is -0.842. The minimum Gasteiger partial charge on any atom is -0.346 e. The Hall–Kier alpha value is -2.60. The van der Waals surface area contributed by atoms with Gasteiger partial charge in [0.25, 0.3) is 0 Å². The van der Waals surface area contributed by atoms with Crippen molar-refractivity contribution in [3.63, 3.8) is 0 Å². The predicted molar refractivity (Wildman–Crippen MR) is 101 cm³/mol. The topological polar surface area (TPSA) is 70.2 Å². The van der Waals surface area contributed by atoms with Gasteiger partial charge in [-0.3, -0.25) is 4.79 Å². The van der Waals surface area contributed by atoms with Gasteiger partial charge in [0.1, 0.15) is 5.82 Å². The van der Waals surface area contributed by atoms with E-state index in [1.165, 1.54) is 18.2 Å². The largest absolute Gasteiger partial charge is 0.346 e. The zero-order valence-corrected chi connectivity index (χ0v) is 15.6. The number of carbonyl (C=O) groups excluding carboxylic acids is 2. The zero-order valence-electron chi connectivity index (χ0n) is 14.8. The average Bonchev–Trinajstić information content (AvgIpc) is 2.52. The van der Waals surface area contributed by atoms with E-state index in [0.717, 1.165) is 5.56 Å². The molecule has 0 aliphatic rings. The van der Waals surface area contributed by atoms with Crippen LogP contribution in [0.1, 0.15) is 25.0 Å². The third-order valence-electron chi connectivity index (χ3n) is 3.74. The normalized spacial score (nSPS) is 11.0. The lowest BCUT2D eigenvalue weighted by Crippen LogP contribution is -2.46. The lowest BCUT2D eigenvalue weighted by Gasteiger charge is -2.28. The highest BCUT2D eigenvalue weighted by atomic mass is 35.5. The molecule has 0 atom stereocenters. The van der Waals surface area contributed by atoms with Gasteiger partial charge in [0.05, 0.1) is 12.1 Å². The van der Waals surface area contributed by atoms with Gasteiger partial charge < -0.3 is 16.0 Å². The summed E-state index contributed by atoms with van der Waals surface area (Å²) in [6.07, 6.45) is 0. The van der Waals surface area contributed by atoms with Crippen molar-refractivity contribution in [2.45, 2.75) is 26.3 Å². The summed E-state index contributed by atoms with van der Waals surface area (Å²) in [7, 11) is 0. The van der Waals surface area contributed by atoms with Gasteiger partial charge >= 0.3 is 6.03 Å². The van der Waals surface area contributed by atoms with Crippen LogP contribution in [-0.4, -0.2) is 18.5 Å². The summed E-state index contributed by atoms with van der Waals surface area (Å²) >= 11 is 6.06. The van der Waals surface area contributed by atoms with Gasteiger partial charge in [-0.1, -0.05) is 29.8 Å². The number of carbonyl (C=O) groups is 2. The fourth-order valence-electron chi connectivity index (χ4n) is 2.52. The van der Waals surface area contributed by atoms with Crippen molar-refractivity contribution >= 4 is 29.2 Å². The number of hydrogen-bond acceptors (Lipinski definition) is 2. The number of amides is 3. The minimum absolute atomic E-state index is 0.208. The molecule has 5 nitrogen and oxygen atoms in total. The van der Waals surface area contributed by atoms with Gasteiger partial charge in [-0.2, -0.15) is 0 Å². The van der Waals surface area contributed by atoms with Crippen LogP contribution >= 0.6 is 11.6 Å². The first-order valence-corrected chi connectivity index (χ1v) is 8.43. The molecular weight excluding hydrogens is 357 g/mol. The van der Waals surface area contributed by atoms with Crippen molar-refractivity contribution in [2.24, 2.45) is 0 Å². The van der Waals surface area contributed by atoms with Crippen molar-refractivity contribution in [3.8, 4) is 0 Å². The molecule has 2 aromatic rings. The molecule has 0 fully saturated rings. The second-order valence-electron chi connectivity index (χ2n) is 6.47. The molecule has 2 rings (SSSR count). The van der Waals surface area contributed by atoms with Crippen LogP contribution in [-0.2, 0) is 10.3 Å². The molecule has 0 unspecified atom stereocenters. The van der Waals surface area contributed by atoms with E-state index in [9.17, 15) is 14.0 Å². The maximum Gasteiger partial charge on any atom is 0.319 e. The van der Waals surface area contributed by atoms with E-state index < -0.39 is 23.3 Å². The molecule has 0 saturated heterocycles. The van der Waals surface area contributed by atoms with E-state index in [4.69, 9.17) is 11.6 Å². The van der Waals surface area contributed by atoms with E-state index in [1.807, 2.05) is 25.1 Å². The van der Waals surface area contributed by atoms with Crippen LogP contribution in [0.25, 0.3) is 0 Å². The van der Waals surface area contributed by atoms with Crippen molar-refractivity contribution in [1.29, 1.82) is 0 Å². The molecule has 0 radical (unpaired) electrons. The molecule has 3 N–H and O–H groups in total. The Balaban J connectivity index is 1.90. The Labute approximate surface area is 156 Å². The summed E-state index contributed by atoms with van der Waals surface area (Å²) in [4.78, 5) is 24.0. The highest BCUT2D eigenvalue weighted by Crippen LogP contribution is 2.28. The maximum atomic E-state index is 13.2. The molecule has 0 heterocycles. The summed E-state index contributed by atoms with van der Waals surface area (Å²) in [5, 5.41) is 8.14. The second kappa shape index (κ2) is 8.19. The molecule has 0 aliphatic carbocycles. The van der Waals surface area contributed by atoms with E-state index in [2.05, 4.69) is 16.0 Å². The first-order valence-electron chi connectivity index (χ1n) is 8.05. The molecule has 0 spiro atoms. The Kier molecular flexibility index (Phi) is 6.21. The second-order valence-corrected chi connectivity index (χ2v) is 6.88. The van der Waals surface area contributed by atoms with Crippen LogP contribution < -0.4 is 16.0 Å². The Morgan fingerprint density at radius 1 is 1.15 bits per heavy atom. The molecule has 2 aromatic carbocycles. The molecule has 0 saturated carbocycles. The molecule has 3 amide bonds. The van der Waals surface area contributed by atoms with Crippen LogP contribution in [0.5, 0.6) is 0 Å². The molecule has 26 heavy (non-hydrogen) atoms. The first kappa shape index (κ1) is 19.7. The van der Waals surface area contributed by atoms with Crippen molar-refractivity contribution < 1.29 is 14.0 Å². The van der Waals surface area contributed by atoms with Gasteiger partial charge in [0.2, 0.25) is 5.91 Å². The van der Waals surface area contributed by atoms with Gasteiger partial charge in [0.15, 0.2) is 0 Å². The van der Waals surface area contributed by atoms with E-state index in [-0.39, 0.29) is 11.6 Å². The number of rotatable bonds is 5. The third kappa shape index (κ3) is 5.46. The SMILES string of the molecule is Cc1cccc(NC(=O)NCC(=O)NC(C)(C)c2ccc(F)cc2Cl)c1. The zero-order chi connectivity index (χ0) is 19.3. The monoisotopic (exact) mass is 377 g/mol. The summed E-state index contributed by atoms with van der Waals surface area (Å²) < 4.78 is 13.2. The van der Waals surface area contributed by atoms with Gasteiger partial charge in [-0.05, 0) is 56.2 Å². The predicted octanol–water partition coefficient (Wildman–Crippen LogP) is 3.96. The number of hydrogen-bond donors (Lipinski definition) is 3. The first-order chi connectivity index (χ1) is 12.2. The Morgan fingerprint density at radius 2 is 1.88 bits per heavy atom. The van der Waals surface area contributed by atoms with Crippen molar-refractivity contribution in [2.75, 3.05) is 11.9 Å². The smallest absolute Gasteiger partial charge is 0.319 e. The van der Waals surface area contributed by atoms with E-state index in [1.54, 1.807) is 19.9 Å². The molecule has 7 heteroatoms.